The number of aromatic nitrogens is 1. The van der Waals surface area contributed by atoms with Crippen LogP contribution < -0.4 is 5.32 Å². The molecule has 0 aliphatic carbocycles. The van der Waals surface area contributed by atoms with E-state index in [1.165, 1.54) is 17.4 Å². The zero-order chi connectivity index (χ0) is 14.5. The van der Waals surface area contributed by atoms with Crippen molar-refractivity contribution >= 4 is 23.3 Å². The van der Waals surface area contributed by atoms with Crippen LogP contribution in [0.2, 0.25) is 0 Å². The molecule has 2 N–H and O–H groups in total. The van der Waals surface area contributed by atoms with Gasteiger partial charge in [0.2, 0.25) is 5.91 Å². The van der Waals surface area contributed by atoms with Crippen LogP contribution in [0, 0.1) is 13.8 Å². The van der Waals surface area contributed by atoms with Gasteiger partial charge in [0.1, 0.15) is 5.76 Å². The fourth-order valence-corrected chi connectivity index (χ4v) is 2.51. The molecule has 6 heteroatoms. The van der Waals surface area contributed by atoms with E-state index in [1.807, 2.05) is 25.3 Å². The third-order valence-electron chi connectivity index (χ3n) is 2.88. The number of aliphatic hydroxyl groups excluding tert-OH is 1. The van der Waals surface area contributed by atoms with Gasteiger partial charge in [-0.05, 0) is 36.9 Å². The lowest BCUT2D eigenvalue weighted by atomic mass is 10.2. The Labute approximate surface area is 120 Å². The van der Waals surface area contributed by atoms with Crippen LogP contribution in [-0.2, 0) is 17.9 Å². The summed E-state index contributed by atoms with van der Waals surface area (Å²) in [6.07, 6.45) is 3.21. The number of hydrogen-bond acceptors (Lipinski definition) is 5. The predicted molar refractivity (Wildman–Crippen MR) is 77.1 cm³/mol. The number of nitrogens with zero attached hydrogens (tertiary/aromatic N) is 1. The van der Waals surface area contributed by atoms with Gasteiger partial charge in [-0.25, -0.2) is 0 Å². The second kappa shape index (κ2) is 6.49. The number of thiophene rings is 1. The first kappa shape index (κ1) is 14.5. The minimum atomic E-state index is -0.177. The van der Waals surface area contributed by atoms with Gasteiger partial charge in [0.15, 0.2) is 0 Å². The molecule has 1 amide bonds. The summed E-state index contributed by atoms with van der Waals surface area (Å²) >= 11 is 1.49. The number of hydrogen-bond donors (Lipinski definition) is 2. The van der Waals surface area contributed by atoms with Crippen LogP contribution in [-0.4, -0.2) is 16.2 Å². The highest BCUT2D eigenvalue weighted by molar-refractivity contribution is 7.11. The minimum absolute atomic E-state index is 0.0164. The van der Waals surface area contributed by atoms with Gasteiger partial charge in [-0.2, -0.15) is 0 Å². The van der Waals surface area contributed by atoms with Crippen molar-refractivity contribution in [1.82, 2.24) is 10.5 Å². The third kappa shape index (κ3) is 3.55. The summed E-state index contributed by atoms with van der Waals surface area (Å²) in [6, 6.07) is 1.85. The first-order valence-electron chi connectivity index (χ1n) is 6.16. The molecule has 106 valence electrons. The van der Waals surface area contributed by atoms with Gasteiger partial charge in [-0.15, -0.1) is 11.3 Å². The molecule has 0 atom stereocenters. The lowest BCUT2D eigenvalue weighted by Gasteiger charge is -2.00. The fourth-order valence-electron chi connectivity index (χ4n) is 1.71. The molecule has 0 aromatic carbocycles. The van der Waals surface area contributed by atoms with E-state index in [2.05, 4.69) is 10.5 Å². The maximum absolute atomic E-state index is 11.7. The number of nitrogens with one attached hydrogen (secondary N) is 1. The number of carbonyl (C=O) groups excluding carboxylic acids is 1. The van der Waals surface area contributed by atoms with Crippen LogP contribution in [0.25, 0.3) is 6.08 Å². The Morgan fingerprint density at radius 2 is 2.35 bits per heavy atom. The predicted octanol–water partition coefficient (Wildman–Crippen LogP) is 2.17. The molecule has 0 saturated heterocycles. The van der Waals surface area contributed by atoms with E-state index in [1.54, 1.807) is 6.08 Å². The summed E-state index contributed by atoms with van der Waals surface area (Å²) in [5.41, 5.74) is 2.55. The van der Waals surface area contributed by atoms with E-state index in [0.717, 1.165) is 27.5 Å². The number of aliphatic hydroxyl groups is 1. The second-order valence-electron chi connectivity index (χ2n) is 4.37. The Morgan fingerprint density at radius 3 is 2.95 bits per heavy atom. The van der Waals surface area contributed by atoms with E-state index in [0.29, 0.717) is 6.54 Å². The largest absolute Gasteiger partial charge is 0.392 e. The van der Waals surface area contributed by atoms with Crippen LogP contribution in [0.15, 0.2) is 22.0 Å². The van der Waals surface area contributed by atoms with Crippen molar-refractivity contribution in [1.29, 1.82) is 0 Å². The number of amides is 1. The molecular formula is C14H16N2O3S. The average Bonchev–Trinajstić information content (AvgIpc) is 3.02. The van der Waals surface area contributed by atoms with E-state index >= 15 is 0 Å². The van der Waals surface area contributed by atoms with Crippen molar-refractivity contribution in [2.24, 2.45) is 0 Å². The van der Waals surface area contributed by atoms with Gasteiger partial charge in [-0.1, -0.05) is 5.16 Å². The van der Waals surface area contributed by atoms with Crippen molar-refractivity contribution in [3.8, 4) is 0 Å². The van der Waals surface area contributed by atoms with Crippen molar-refractivity contribution in [2.75, 3.05) is 0 Å². The second-order valence-corrected chi connectivity index (χ2v) is 5.31. The standard InChI is InChI=1S/C14H16N2O3S/c1-9-13(10(2)19-16-9)6-15-14(18)4-3-12-5-11(7-17)8-20-12/h3-5,8,17H,6-7H2,1-2H3,(H,15,18)/b4-3+. The summed E-state index contributed by atoms with van der Waals surface area (Å²) < 4.78 is 5.03. The van der Waals surface area contributed by atoms with Gasteiger partial charge >= 0.3 is 0 Å². The summed E-state index contributed by atoms with van der Waals surface area (Å²) in [4.78, 5) is 12.6. The van der Waals surface area contributed by atoms with Gasteiger partial charge < -0.3 is 14.9 Å². The summed E-state index contributed by atoms with van der Waals surface area (Å²) in [7, 11) is 0. The van der Waals surface area contributed by atoms with Crippen molar-refractivity contribution in [3.05, 3.63) is 45.0 Å². The molecule has 0 saturated carbocycles. The van der Waals surface area contributed by atoms with E-state index in [9.17, 15) is 4.79 Å². The highest BCUT2D eigenvalue weighted by Crippen LogP contribution is 2.16. The van der Waals surface area contributed by atoms with E-state index in [4.69, 9.17) is 9.63 Å². The van der Waals surface area contributed by atoms with Crippen LogP contribution in [0.3, 0.4) is 0 Å². The molecule has 0 radical (unpaired) electrons. The van der Waals surface area contributed by atoms with Gasteiger partial charge in [0, 0.05) is 23.1 Å². The van der Waals surface area contributed by atoms with E-state index in [-0.39, 0.29) is 12.5 Å². The molecule has 2 aromatic rings. The first-order chi connectivity index (χ1) is 9.60. The topological polar surface area (TPSA) is 75.4 Å². The lowest BCUT2D eigenvalue weighted by Crippen LogP contribution is -2.20. The molecule has 0 bridgehead atoms. The molecule has 0 unspecified atom stereocenters. The molecular weight excluding hydrogens is 276 g/mol. The molecule has 2 rings (SSSR count). The van der Waals surface area contributed by atoms with Gasteiger partial charge in [0.25, 0.3) is 0 Å². The Hall–Kier alpha value is -1.92. The number of carbonyl (C=O) groups is 1. The Morgan fingerprint density at radius 1 is 1.55 bits per heavy atom. The molecule has 20 heavy (non-hydrogen) atoms. The molecule has 0 aliphatic rings. The Bertz CT molecular complexity index is 609. The van der Waals surface area contributed by atoms with Crippen LogP contribution in [0.4, 0.5) is 0 Å². The molecule has 2 aromatic heterocycles. The first-order valence-corrected chi connectivity index (χ1v) is 7.04. The minimum Gasteiger partial charge on any atom is -0.392 e. The third-order valence-corrected chi connectivity index (χ3v) is 3.82. The summed E-state index contributed by atoms with van der Waals surface area (Å²) in [5.74, 6) is 0.543. The Kier molecular flexibility index (Phi) is 4.70. The van der Waals surface area contributed by atoms with Crippen LogP contribution in [0.1, 0.15) is 27.5 Å². The highest BCUT2D eigenvalue weighted by atomic mass is 32.1. The number of aryl methyl sites for hydroxylation is 2. The molecule has 0 aliphatic heterocycles. The van der Waals surface area contributed by atoms with Crippen molar-refractivity contribution in [2.45, 2.75) is 27.0 Å². The number of rotatable bonds is 5. The van der Waals surface area contributed by atoms with Crippen molar-refractivity contribution < 1.29 is 14.4 Å². The van der Waals surface area contributed by atoms with Crippen LogP contribution in [0.5, 0.6) is 0 Å². The lowest BCUT2D eigenvalue weighted by molar-refractivity contribution is -0.116. The van der Waals surface area contributed by atoms with Crippen molar-refractivity contribution in [3.63, 3.8) is 0 Å². The average molecular weight is 292 g/mol. The molecule has 2 heterocycles. The van der Waals surface area contributed by atoms with Gasteiger partial charge in [0.05, 0.1) is 12.3 Å². The molecule has 0 spiro atoms. The molecule has 0 fully saturated rings. The quantitative estimate of drug-likeness (QED) is 0.828. The molecule has 5 nitrogen and oxygen atoms in total. The maximum Gasteiger partial charge on any atom is 0.244 e. The monoisotopic (exact) mass is 292 g/mol. The SMILES string of the molecule is Cc1noc(C)c1CNC(=O)/C=C/c1cc(CO)cs1. The van der Waals surface area contributed by atoms with Crippen LogP contribution >= 0.6 is 11.3 Å². The normalized spacial score (nSPS) is 11.2. The smallest absolute Gasteiger partial charge is 0.244 e. The zero-order valence-electron chi connectivity index (χ0n) is 11.3. The highest BCUT2D eigenvalue weighted by Gasteiger charge is 2.09. The maximum atomic E-state index is 11.7. The Balaban J connectivity index is 1.89. The fraction of sp³-hybridized carbons (Fsp3) is 0.286. The van der Waals surface area contributed by atoms with Gasteiger partial charge in [-0.3, -0.25) is 4.79 Å². The van der Waals surface area contributed by atoms with E-state index < -0.39 is 0 Å². The summed E-state index contributed by atoms with van der Waals surface area (Å²) in [5, 5.41) is 17.4. The zero-order valence-corrected chi connectivity index (χ0v) is 12.2. The summed E-state index contributed by atoms with van der Waals surface area (Å²) in [6.45, 7) is 4.08.